The number of aromatic nitrogens is 2. The summed E-state index contributed by atoms with van der Waals surface area (Å²) in [5, 5.41) is 7.73. The van der Waals surface area contributed by atoms with Crippen molar-refractivity contribution in [2.45, 2.75) is 72.5 Å². The van der Waals surface area contributed by atoms with Crippen LogP contribution in [0.25, 0.3) is 0 Å². The lowest BCUT2D eigenvalue weighted by Crippen LogP contribution is -2.36. The Balaban J connectivity index is 1.45. The van der Waals surface area contributed by atoms with E-state index in [0.29, 0.717) is 12.5 Å². The molecule has 1 fully saturated rings. The van der Waals surface area contributed by atoms with E-state index < -0.39 is 0 Å². The minimum absolute atomic E-state index is 0.203. The SMILES string of the molecule is CC(C)=CCC[C@@H](C)CN1CCn2nc(CNC(=O)C3CCC3)cc2C1. The fourth-order valence-corrected chi connectivity index (χ4v) is 3.80. The molecule has 1 aliphatic heterocycles. The lowest BCUT2D eigenvalue weighted by Gasteiger charge is -2.29. The first-order valence-corrected chi connectivity index (χ1v) is 10.2. The number of carbonyl (C=O) groups is 1. The first kappa shape index (κ1) is 19.2. The standard InChI is InChI=1S/C21H34N4O/c1-16(2)6-4-7-17(3)14-24-10-11-25-20(15-24)12-19(23-25)13-22-21(26)18-8-5-9-18/h6,12,17-18H,4-5,7-11,13-15H2,1-3H3,(H,22,26)/t17-/m1/s1. The molecule has 1 aromatic heterocycles. The predicted molar refractivity (Wildman–Crippen MR) is 105 cm³/mol. The number of amides is 1. The monoisotopic (exact) mass is 358 g/mol. The van der Waals surface area contributed by atoms with Gasteiger partial charge in [-0.1, -0.05) is 25.0 Å². The van der Waals surface area contributed by atoms with Crippen molar-refractivity contribution in [2.75, 3.05) is 13.1 Å². The zero-order chi connectivity index (χ0) is 18.5. The number of nitrogens with one attached hydrogen (secondary N) is 1. The molecule has 5 heteroatoms. The molecule has 0 bridgehead atoms. The molecule has 144 valence electrons. The smallest absolute Gasteiger partial charge is 0.223 e. The highest BCUT2D eigenvalue weighted by Crippen LogP contribution is 2.26. The average Bonchev–Trinajstić information content (AvgIpc) is 2.93. The van der Waals surface area contributed by atoms with Crippen LogP contribution in [0.1, 0.15) is 64.3 Å². The van der Waals surface area contributed by atoms with Gasteiger partial charge in [0.25, 0.3) is 0 Å². The summed E-state index contributed by atoms with van der Waals surface area (Å²) < 4.78 is 2.12. The van der Waals surface area contributed by atoms with E-state index in [1.807, 2.05) is 0 Å². The summed E-state index contributed by atoms with van der Waals surface area (Å²) in [6.07, 6.45) is 8.06. The third-order valence-electron chi connectivity index (χ3n) is 5.63. The van der Waals surface area contributed by atoms with E-state index >= 15 is 0 Å². The quantitative estimate of drug-likeness (QED) is 0.724. The van der Waals surface area contributed by atoms with Gasteiger partial charge in [0.1, 0.15) is 0 Å². The van der Waals surface area contributed by atoms with Crippen molar-refractivity contribution in [3.05, 3.63) is 29.1 Å². The maximum Gasteiger partial charge on any atom is 0.223 e. The molecule has 2 heterocycles. The molecule has 0 radical (unpaired) electrons. The number of fused-ring (bicyclic) bond motifs is 1. The highest BCUT2D eigenvalue weighted by atomic mass is 16.1. The van der Waals surface area contributed by atoms with Gasteiger partial charge in [0.2, 0.25) is 5.91 Å². The van der Waals surface area contributed by atoms with E-state index in [2.05, 4.69) is 52.9 Å². The molecule has 0 unspecified atom stereocenters. The van der Waals surface area contributed by atoms with E-state index in [0.717, 1.165) is 44.7 Å². The van der Waals surface area contributed by atoms with Gasteiger partial charge in [-0.15, -0.1) is 0 Å². The summed E-state index contributed by atoms with van der Waals surface area (Å²) >= 11 is 0. The summed E-state index contributed by atoms with van der Waals surface area (Å²) in [6, 6.07) is 2.17. The summed E-state index contributed by atoms with van der Waals surface area (Å²) in [6.45, 7) is 11.4. The molecule has 1 saturated carbocycles. The number of allylic oxidation sites excluding steroid dienone is 2. The van der Waals surface area contributed by atoms with Gasteiger partial charge < -0.3 is 5.32 Å². The van der Waals surface area contributed by atoms with Gasteiger partial charge in [0, 0.05) is 25.6 Å². The second-order valence-electron chi connectivity index (χ2n) is 8.39. The summed E-state index contributed by atoms with van der Waals surface area (Å²) in [7, 11) is 0. The maximum atomic E-state index is 12.0. The van der Waals surface area contributed by atoms with Gasteiger partial charge in [-0.05, 0) is 51.5 Å². The molecule has 0 spiro atoms. The number of carbonyl (C=O) groups excluding carboxylic acids is 1. The first-order valence-electron chi connectivity index (χ1n) is 10.2. The molecule has 0 aromatic carbocycles. The first-order chi connectivity index (χ1) is 12.5. The maximum absolute atomic E-state index is 12.0. The fraction of sp³-hybridized carbons (Fsp3) is 0.714. The average molecular weight is 359 g/mol. The van der Waals surface area contributed by atoms with Crippen molar-refractivity contribution in [2.24, 2.45) is 11.8 Å². The fourth-order valence-electron chi connectivity index (χ4n) is 3.80. The van der Waals surface area contributed by atoms with Crippen LogP contribution in [0.5, 0.6) is 0 Å². The van der Waals surface area contributed by atoms with E-state index in [9.17, 15) is 4.79 Å². The molecule has 0 saturated heterocycles. The molecule has 5 nitrogen and oxygen atoms in total. The molecule has 1 N–H and O–H groups in total. The van der Waals surface area contributed by atoms with Gasteiger partial charge in [0.15, 0.2) is 0 Å². The highest BCUT2D eigenvalue weighted by molar-refractivity contribution is 5.79. The molecule has 3 rings (SSSR count). The summed E-state index contributed by atoms with van der Waals surface area (Å²) in [5.41, 5.74) is 3.68. The van der Waals surface area contributed by atoms with E-state index in [-0.39, 0.29) is 11.8 Å². The van der Waals surface area contributed by atoms with Crippen LogP contribution >= 0.6 is 0 Å². The molecular formula is C21H34N4O. The Labute approximate surface area is 157 Å². The zero-order valence-electron chi connectivity index (χ0n) is 16.6. The third-order valence-corrected chi connectivity index (χ3v) is 5.63. The highest BCUT2D eigenvalue weighted by Gasteiger charge is 2.25. The molecule has 1 amide bonds. The van der Waals surface area contributed by atoms with Crippen LogP contribution in [0.4, 0.5) is 0 Å². The minimum Gasteiger partial charge on any atom is -0.350 e. The normalized spacial score (nSPS) is 18.7. The van der Waals surface area contributed by atoms with Crippen LogP contribution in [0.3, 0.4) is 0 Å². The Bertz CT molecular complexity index is 640. The van der Waals surface area contributed by atoms with Crippen molar-refractivity contribution in [1.29, 1.82) is 0 Å². The number of rotatable bonds is 8. The molecule has 1 aromatic rings. The van der Waals surface area contributed by atoms with Gasteiger partial charge in [-0.3, -0.25) is 14.4 Å². The van der Waals surface area contributed by atoms with Crippen molar-refractivity contribution in [3.63, 3.8) is 0 Å². The Kier molecular flexibility index (Phi) is 6.52. The summed E-state index contributed by atoms with van der Waals surface area (Å²) in [4.78, 5) is 14.5. The molecular weight excluding hydrogens is 324 g/mol. The van der Waals surface area contributed by atoms with Crippen molar-refractivity contribution < 1.29 is 4.79 Å². The van der Waals surface area contributed by atoms with Crippen LogP contribution in [0, 0.1) is 11.8 Å². The largest absolute Gasteiger partial charge is 0.350 e. The number of hydrogen-bond donors (Lipinski definition) is 1. The lowest BCUT2D eigenvalue weighted by molar-refractivity contribution is -0.127. The van der Waals surface area contributed by atoms with Gasteiger partial charge >= 0.3 is 0 Å². The van der Waals surface area contributed by atoms with Gasteiger partial charge in [-0.2, -0.15) is 5.10 Å². The van der Waals surface area contributed by atoms with Crippen LogP contribution in [-0.4, -0.2) is 33.7 Å². The third kappa shape index (κ3) is 5.19. The Hall–Kier alpha value is -1.62. The topological polar surface area (TPSA) is 50.2 Å². The van der Waals surface area contributed by atoms with Crippen molar-refractivity contribution in [3.8, 4) is 0 Å². The second kappa shape index (κ2) is 8.85. The van der Waals surface area contributed by atoms with E-state index in [1.165, 1.54) is 30.5 Å². The van der Waals surface area contributed by atoms with E-state index in [1.54, 1.807) is 0 Å². The zero-order valence-corrected chi connectivity index (χ0v) is 16.6. The van der Waals surface area contributed by atoms with Crippen LogP contribution in [0.2, 0.25) is 0 Å². The van der Waals surface area contributed by atoms with Crippen LogP contribution < -0.4 is 5.32 Å². The predicted octanol–water partition coefficient (Wildman–Crippen LogP) is 3.50. The number of hydrogen-bond acceptors (Lipinski definition) is 3. The lowest BCUT2D eigenvalue weighted by atomic mass is 9.85. The Morgan fingerprint density at radius 3 is 2.88 bits per heavy atom. The molecule has 1 atom stereocenters. The Morgan fingerprint density at radius 1 is 1.38 bits per heavy atom. The molecule has 26 heavy (non-hydrogen) atoms. The second-order valence-corrected chi connectivity index (χ2v) is 8.39. The number of nitrogens with zero attached hydrogens (tertiary/aromatic N) is 3. The molecule has 1 aliphatic carbocycles. The van der Waals surface area contributed by atoms with Gasteiger partial charge in [0.05, 0.1) is 24.5 Å². The van der Waals surface area contributed by atoms with Crippen LogP contribution in [0.15, 0.2) is 17.7 Å². The van der Waals surface area contributed by atoms with Gasteiger partial charge in [-0.25, -0.2) is 0 Å². The molecule has 2 aliphatic rings. The Morgan fingerprint density at radius 2 is 2.19 bits per heavy atom. The summed E-state index contributed by atoms with van der Waals surface area (Å²) in [5.74, 6) is 1.16. The van der Waals surface area contributed by atoms with Crippen LogP contribution in [-0.2, 0) is 24.4 Å². The minimum atomic E-state index is 0.203. The van der Waals surface area contributed by atoms with Crippen molar-refractivity contribution in [1.82, 2.24) is 20.0 Å². The van der Waals surface area contributed by atoms with Crippen molar-refractivity contribution >= 4 is 5.91 Å². The van der Waals surface area contributed by atoms with E-state index in [4.69, 9.17) is 0 Å².